The van der Waals surface area contributed by atoms with Gasteiger partial charge in [-0.3, -0.25) is 9.59 Å². The number of esters is 2. The molecule has 0 spiro atoms. The van der Waals surface area contributed by atoms with Crippen molar-refractivity contribution in [2.75, 3.05) is 20.8 Å². The fraction of sp³-hybridized carbons (Fsp3) is 0.591. The minimum Gasteiger partial charge on any atom is -0.467 e. The fourth-order valence-corrected chi connectivity index (χ4v) is 3.37. The summed E-state index contributed by atoms with van der Waals surface area (Å²) in [5, 5.41) is 6.79. The number of nitrogens with one attached hydrogen (secondary N) is 3. The number of methoxy groups -OCH3 is 2. The van der Waals surface area contributed by atoms with Gasteiger partial charge in [-0.05, 0) is 47.0 Å². The predicted octanol–water partition coefficient (Wildman–Crippen LogP) is 2.02. The molecule has 0 aromatic carbocycles. The summed E-state index contributed by atoms with van der Waals surface area (Å²) >= 11 is 12.2. The zero-order valence-corrected chi connectivity index (χ0v) is 22.0. The lowest BCUT2D eigenvalue weighted by molar-refractivity contribution is -0.143. The van der Waals surface area contributed by atoms with Crippen LogP contribution in [0, 0.1) is 0 Å². The second kappa shape index (κ2) is 13.3. The number of allylic oxidation sites excluding steroid dienone is 2. The minimum absolute atomic E-state index is 0.198. The molecule has 0 saturated carbocycles. The maximum absolute atomic E-state index is 12.8. The SMILES string of the molecule is COC(=O)[C@H](C)NC1=C(Cl)C(=O)C(N[C@@H](CCCCNC(=O)OC(C)(C)C)C(=O)OC)=C(Cl)C1=O. The Hall–Kier alpha value is -2.79. The van der Waals surface area contributed by atoms with E-state index in [4.69, 9.17) is 32.7 Å². The fourth-order valence-electron chi connectivity index (χ4n) is 2.90. The molecule has 35 heavy (non-hydrogen) atoms. The molecule has 0 fully saturated rings. The van der Waals surface area contributed by atoms with Crippen molar-refractivity contribution in [1.82, 2.24) is 16.0 Å². The third-order valence-corrected chi connectivity index (χ3v) is 5.32. The molecule has 0 bridgehead atoms. The van der Waals surface area contributed by atoms with Crippen LogP contribution in [0.5, 0.6) is 0 Å². The molecule has 0 aromatic heterocycles. The third-order valence-electron chi connectivity index (χ3n) is 4.60. The molecule has 1 amide bonds. The molecule has 1 aliphatic rings. The van der Waals surface area contributed by atoms with Crippen LogP contribution in [0.25, 0.3) is 0 Å². The van der Waals surface area contributed by atoms with E-state index in [9.17, 15) is 24.0 Å². The highest BCUT2D eigenvalue weighted by atomic mass is 35.5. The van der Waals surface area contributed by atoms with Gasteiger partial charge in [0.05, 0.1) is 14.2 Å². The lowest BCUT2D eigenvalue weighted by Crippen LogP contribution is -2.44. The van der Waals surface area contributed by atoms with Crippen molar-refractivity contribution < 1.29 is 38.2 Å². The molecule has 0 aromatic rings. The summed E-state index contributed by atoms with van der Waals surface area (Å²) < 4.78 is 14.5. The molecular formula is C22H31Cl2N3O8. The standard InChI is InChI=1S/C22H31Cl2N3O8/c1-11(19(30)33-5)26-15-13(23)18(29)16(14(24)17(15)28)27-12(20(31)34-6)9-7-8-10-25-21(32)35-22(2,3)4/h11-12,26-27H,7-10H2,1-6H3,(H,25,32)/t11-,12-/m0/s1. The third kappa shape index (κ3) is 9.06. The minimum atomic E-state index is -1.02. The summed E-state index contributed by atoms with van der Waals surface area (Å²) in [6.45, 7) is 6.95. The van der Waals surface area contributed by atoms with Gasteiger partial charge in [-0.1, -0.05) is 23.2 Å². The molecule has 196 valence electrons. The first-order valence-electron chi connectivity index (χ1n) is 10.8. The number of rotatable bonds is 11. The largest absolute Gasteiger partial charge is 0.467 e. The van der Waals surface area contributed by atoms with E-state index < -0.39 is 57.3 Å². The van der Waals surface area contributed by atoms with E-state index >= 15 is 0 Å². The van der Waals surface area contributed by atoms with Crippen molar-refractivity contribution in [2.24, 2.45) is 0 Å². The van der Waals surface area contributed by atoms with Crippen molar-refractivity contribution in [3.8, 4) is 0 Å². The molecule has 13 heteroatoms. The van der Waals surface area contributed by atoms with Gasteiger partial charge in [0.1, 0.15) is 39.1 Å². The van der Waals surface area contributed by atoms with Gasteiger partial charge in [-0.2, -0.15) is 0 Å². The second-order valence-electron chi connectivity index (χ2n) is 8.57. The Morgan fingerprint density at radius 1 is 0.886 bits per heavy atom. The number of unbranched alkanes of at least 4 members (excludes halogenated alkanes) is 1. The summed E-state index contributed by atoms with van der Waals surface area (Å²) in [6.07, 6.45) is 0.580. The van der Waals surface area contributed by atoms with Gasteiger partial charge in [-0.15, -0.1) is 0 Å². The van der Waals surface area contributed by atoms with Gasteiger partial charge in [-0.25, -0.2) is 14.4 Å². The van der Waals surface area contributed by atoms with Crippen LogP contribution in [-0.2, 0) is 33.4 Å². The van der Waals surface area contributed by atoms with E-state index in [0.717, 1.165) is 0 Å². The number of halogens is 2. The number of amides is 1. The van der Waals surface area contributed by atoms with Crippen molar-refractivity contribution in [3.63, 3.8) is 0 Å². The first-order valence-corrected chi connectivity index (χ1v) is 11.5. The van der Waals surface area contributed by atoms with Crippen LogP contribution in [0.1, 0.15) is 47.0 Å². The van der Waals surface area contributed by atoms with Crippen LogP contribution in [0.2, 0.25) is 0 Å². The Labute approximate surface area is 213 Å². The predicted molar refractivity (Wildman–Crippen MR) is 127 cm³/mol. The number of Topliss-reactive ketones (excluding diaryl/α,β-unsaturated/α-hetero) is 2. The monoisotopic (exact) mass is 535 g/mol. The van der Waals surface area contributed by atoms with Crippen molar-refractivity contribution in [2.45, 2.75) is 64.6 Å². The Kier molecular flexibility index (Phi) is 11.5. The zero-order chi connectivity index (χ0) is 26.9. The number of hydrogen-bond acceptors (Lipinski definition) is 10. The van der Waals surface area contributed by atoms with Crippen molar-refractivity contribution >= 4 is 52.8 Å². The average Bonchev–Trinajstić information content (AvgIpc) is 2.79. The van der Waals surface area contributed by atoms with Gasteiger partial charge in [0.25, 0.3) is 0 Å². The topological polar surface area (TPSA) is 149 Å². The summed E-state index contributed by atoms with van der Waals surface area (Å²) in [7, 11) is 2.34. The molecule has 0 unspecified atom stereocenters. The molecule has 0 heterocycles. The Balaban J connectivity index is 2.84. The van der Waals surface area contributed by atoms with Gasteiger partial charge in [0.15, 0.2) is 0 Å². The lowest BCUT2D eigenvalue weighted by Gasteiger charge is -2.24. The van der Waals surface area contributed by atoms with Gasteiger partial charge >= 0.3 is 18.0 Å². The number of carbonyl (C=O) groups excluding carboxylic acids is 5. The molecule has 0 saturated heterocycles. The number of alkyl carbamates (subject to hydrolysis) is 1. The molecule has 0 radical (unpaired) electrons. The number of hydrogen-bond donors (Lipinski definition) is 3. The molecule has 0 aliphatic heterocycles. The van der Waals surface area contributed by atoms with E-state index in [-0.39, 0.29) is 17.8 Å². The quantitative estimate of drug-likeness (QED) is 0.155. The lowest BCUT2D eigenvalue weighted by atomic mass is 10.0. The number of carbonyl (C=O) groups is 5. The smallest absolute Gasteiger partial charge is 0.407 e. The van der Waals surface area contributed by atoms with Crippen LogP contribution in [0.3, 0.4) is 0 Å². The first kappa shape index (κ1) is 30.2. The second-order valence-corrected chi connectivity index (χ2v) is 9.33. The van der Waals surface area contributed by atoms with Crippen LogP contribution in [-0.4, -0.2) is 68.0 Å². The van der Waals surface area contributed by atoms with Crippen molar-refractivity contribution in [3.05, 3.63) is 21.5 Å². The maximum Gasteiger partial charge on any atom is 0.407 e. The van der Waals surface area contributed by atoms with Crippen LogP contribution in [0.15, 0.2) is 21.5 Å². The molecule has 3 N–H and O–H groups in total. The highest BCUT2D eigenvalue weighted by Crippen LogP contribution is 2.28. The van der Waals surface area contributed by atoms with Gasteiger partial charge in [0.2, 0.25) is 11.6 Å². The highest BCUT2D eigenvalue weighted by molar-refractivity contribution is 6.56. The van der Waals surface area contributed by atoms with Crippen molar-refractivity contribution in [1.29, 1.82) is 0 Å². The Morgan fingerprint density at radius 3 is 1.89 bits per heavy atom. The molecular weight excluding hydrogens is 505 g/mol. The van der Waals surface area contributed by atoms with Gasteiger partial charge in [0, 0.05) is 6.54 Å². The van der Waals surface area contributed by atoms with E-state index in [2.05, 4.69) is 20.7 Å². The van der Waals surface area contributed by atoms with Crippen LogP contribution < -0.4 is 16.0 Å². The molecule has 1 rings (SSSR count). The molecule has 1 aliphatic carbocycles. The highest BCUT2D eigenvalue weighted by Gasteiger charge is 2.36. The van der Waals surface area contributed by atoms with E-state index in [1.165, 1.54) is 21.1 Å². The van der Waals surface area contributed by atoms with E-state index in [0.29, 0.717) is 19.4 Å². The molecule has 2 atom stereocenters. The normalized spacial score (nSPS) is 15.9. The Morgan fingerprint density at radius 2 is 1.40 bits per heavy atom. The van der Waals surface area contributed by atoms with Gasteiger partial charge < -0.3 is 30.2 Å². The number of ether oxygens (including phenoxy) is 3. The number of ketones is 2. The van der Waals surface area contributed by atoms with Crippen LogP contribution >= 0.6 is 23.2 Å². The summed E-state index contributed by atoms with van der Waals surface area (Å²) in [5.41, 5.74) is -1.34. The molecule has 11 nitrogen and oxygen atoms in total. The van der Waals surface area contributed by atoms with E-state index in [1.807, 2.05) is 0 Å². The summed E-state index contributed by atoms with van der Waals surface area (Å²) in [6, 6.07) is -1.99. The van der Waals surface area contributed by atoms with Crippen LogP contribution in [0.4, 0.5) is 4.79 Å². The van der Waals surface area contributed by atoms with E-state index in [1.54, 1.807) is 20.8 Å². The zero-order valence-electron chi connectivity index (χ0n) is 20.5. The first-order chi connectivity index (χ1) is 16.2. The summed E-state index contributed by atoms with van der Waals surface area (Å²) in [4.78, 5) is 61.1. The Bertz CT molecular complexity index is 924. The average molecular weight is 536 g/mol. The maximum atomic E-state index is 12.8. The summed E-state index contributed by atoms with van der Waals surface area (Å²) in [5.74, 6) is -3.04.